The average Bonchev–Trinajstić information content (AvgIpc) is 2.88. The van der Waals surface area contributed by atoms with Gasteiger partial charge in [-0.25, -0.2) is 4.98 Å². The van der Waals surface area contributed by atoms with Crippen molar-refractivity contribution in [3.63, 3.8) is 0 Å². The van der Waals surface area contributed by atoms with Crippen LogP contribution in [-0.2, 0) is 6.42 Å². The molecule has 18 heavy (non-hydrogen) atoms. The number of benzene rings is 1. The van der Waals surface area contributed by atoms with Crippen LogP contribution in [0.25, 0.3) is 10.6 Å². The van der Waals surface area contributed by atoms with Gasteiger partial charge in [-0.1, -0.05) is 19.1 Å². The predicted molar refractivity (Wildman–Crippen MR) is 81.6 cm³/mol. The van der Waals surface area contributed by atoms with Crippen molar-refractivity contribution in [3.05, 3.63) is 35.3 Å². The summed E-state index contributed by atoms with van der Waals surface area (Å²) in [5.41, 5.74) is 2.40. The summed E-state index contributed by atoms with van der Waals surface area (Å²) >= 11 is 3.49. The molecule has 0 aliphatic carbocycles. The Morgan fingerprint density at radius 1 is 1.28 bits per heavy atom. The molecule has 1 aromatic carbocycles. The zero-order chi connectivity index (χ0) is 12.8. The van der Waals surface area contributed by atoms with E-state index in [0.717, 1.165) is 24.5 Å². The lowest BCUT2D eigenvalue weighted by molar-refractivity contribution is 0.710. The Hall–Kier alpha value is -0.840. The monoisotopic (exact) mass is 278 g/mol. The third-order valence-electron chi connectivity index (χ3n) is 2.70. The quantitative estimate of drug-likeness (QED) is 0.644. The fraction of sp³-hybridized carbons (Fsp3) is 0.357. The van der Waals surface area contributed by atoms with Crippen LogP contribution in [0.3, 0.4) is 0 Å². The van der Waals surface area contributed by atoms with Crippen LogP contribution in [0.15, 0.2) is 34.5 Å². The van der Waals surface area contributed by atoms with Gasteiger partial charge in [-0.05, 0) is 24.9 Å². The summed E-state index contributed by atoms with van der Waals surface area (Å²) < 4.78 is 0. The summed E-state index contributed by atoms with van der Waals surface area (Å²) in [4.78, 5) is 5.97. The van der Waals surface area contributed by atoms with Crippen LogP contribution in [-0.4, -0.2) is 24.3 Å². The molecule has 0 bridgehead atoms. The van der Waals surface area contributed by atoms with Crippen LogP contribution in [0.2, 0.25) is 0 Å². The van der Waals surface area contributed by atoms with Gasteiger partial charge >= 0.3 is 0 Å². The van der Waals surface area contributed by atoms with E-state index in [2.05, 4.69) is 53.1 Å². The van der Waals surface area contributed by atoms with Gasteiger partial charge in [0.1, 0.15) is 5.01 Å². The molecule has 1 aromatic heterocycles. The van der Waals surface area contributed by atoms with E-state index in [4.69, 9.17) is 0 Å². The molecule has 0 atom stereocenters. The molecule has 1 heterocycles. The van der Waals surface area contributed by atoms with Gasteiger partial charge in [0.25, 0.3) is 0 Å². The lowest BCUT2D eigenvalue weighted by Crippen LogP contribution is -2.16. The summed E-state index contributed by atoms with van der Waals surface area (Å²) in [6.45, 7) is 4.15. The summed E-state index contributed by atoms with van der Waals surface area (Å²) in [7, 11) is 0. The minimum Gasteiger partial charge on any atom is -0.317 e. The van der Waals surface area contributed by atoms with Crippen LogP contribution in [0.1, 0.15) is 12.6 Å². The molecule has 0 aliphatic heterocycles. The average molecular weight is 278 g/mol. The van der Waals surface area contributed by atoms with Crippen LogP contribution in [0.4, 0.5) is 0 Å². The molecule has 0 unspecified atom stereocenters. The SMILES string of the molecule is CCNCCc1csc(-c2ccc(SC)cc2)n1. The van der Waals surface area contributed by atoms with Crippen LogP contribution in [0.5, 0.6) is 0 Å². The Morgan fingerprint density at radius 2 is 2.06 bits per heavy atom. The first-order valence-electron chi connectivity index (χ1n) is 6.13. The van der Waals surface area contributed by atoms with E-state index >= 15 is 0 Å². The fourth-order valence-corrected chi connectivity index (χ4v) is 2.95. The lowest BCUT2D eigenvalue weighted by atomic mass is 10.2. The molecule has 2 nitrogen and oxygen atoms in total. The Morgan fingerprint density at radius 3 is 2.72 bits per heavy atom. The molecular weight excluding hydrogens is 260 g/mol. The maximum Gasteiger partial charge on any atom is 0.123 e. The molecule has 4 heteroatoms. The molecule has 0 fully saturated rings. The standard InChI is InChI=1S/C14H18N2S2/c1-3-15-9-8-12-10-18-14(16-12)11-4-6-13(17-2)7-5-11/h4-7,10,15H,3,8-9H2,1-2H3. The van der Waals surface area contributed by atoms with E-state index in [9.17, 15) is 0 Å². The van der Waals surface area contributed by atoms with Gasteiger partial charge in [0, 0.05) is 28.8 Å². The highest BCUT2D eigenvalue weighted by atomic mass is 32.2. The van der Waals surface area contributed by atoms with Crippen LogP contribution >= 0.6 is 23.1 Å². The number of rotatable bonds is 6. The van der Waals surface area contributed by atoms with Gasteiger partial charge in [-0.15, -0.1) is 23.1 Å². The zero-order valence-corrected chi connectivity index (χ0v) is 12.4. The fourth-order valence-electron chi connectivity index (χ4n) is 1.68. The third kappa shape index (κ3) is 3.57. The molecule has 2 rings (SSSR count). The number of aromatic nitrogens is 1. The van der Waals surface area contributed by atoms with Gasteiger partial charge in [0.15, 0.2) is 0 Å². The Labute approximate surface area is 117 Å². The first-order valence-corrected chi connectivity index (χ1v) is 8.23. The van der Waals surface area contributed by atoms with Gasteiger partial charge < -0.3 is 5.32 Å². The van der Waals surface area contributed by atoms with E-state index < -0.39 is 0 Å². The van der Waals surface area contributed by atoms with E-state index in [1.54, 1.807) is 23.1 Å². The van der Waals surface area contributed by atoms with Crippen molar-refractivity contribution < 1.29 is 0 Å². The molecule has 0 aliphatic rings. The molecular formula is C14H18N2S2. The highest BCUT2D eigenvalue weighted by molar-refractivity contribution is 7.98. The zero-order valence-electron chi connectivity index (χ0n) is 10.8. The van der Waals surface area contributed by atoms with Crippen LogP contribution in [0, 0.1) is 0 Å². The number of hydrogen-bond donors (Lipinski definition) is 1. The van der Waals surface area contributed by atoms with Gasteiger partial charge in [-0.2, -0.15) is 0 Å². The molecule has 0 amide bonds. The number of nitrogens with zero attached hydrogens (tertiary/aromatic N) is 1. The Kier molecular flexibility index (Phi) is 5.23. The minimum absolute atomic E-state index is 1.01. The van der Waals surface area contributed by atoms with E-state index in [-0.39, 0.29) is 0 Å². The summed E-state index contributed by atoms with van der Waals surface area (Å²) in [5.74, 6) is 0. The number of likely N-dealkylation sites (N-methyl/N-ethyl adjacent to an activating group) is 1. The third-order valence-corrected chi connectivity index (χ3v) is 4.38. The van der Waals surface area contributed by atoms with Crippen LogP contribution < -0.4 is 5.32 Å². The number of thiazole rings is 1. The van der Waals surface area contributed by atoms with E-state index in [0.29, 0.717) is 0 Å². The molecule has 0 radical (unpaired) electrons. The molecule has 0 saturated carbocycles. The molecule has 0 spiro atoms. The van der Waals surface area contributed by atoms with Crippen molar-refractivity contribution in [1.29, 1.82) is 0 Å². The maximum atomic E-state index is 4.68. The smallest absolute Gasteiger partial charge is 0.123 e. The normalized spacial score (nSPS) is 10.8. The van der Waals surface area contributed by atoms with Crippen molar-refractivity contribution >= 4 is 23.1 Å². The summed E-state index contributed by atoms with van der Waals surface area (Å²) in [6.07, 6.45) is 3.10. The predicted octanol–water partition coefficient (Wildman–Crippen LogP) is 3.68. The van der Waals surface area contributed by atoms with Crippen molar-refractivity contribution in [2.45, 2.75) is 18.2 Å². The Bertz CT molecular complexity index is 477. The largest absolute Gasteiger partial charge is 0.317 e. The van der Waals surface area contributed by atoms with Crippen molar-refractivity contribution in [2.75, 3.05) is 19.3 Å². The minimum atomic E-state index is 1.01. The van der Waals surface area contributed by atoms with E-state index in [1.807, 2.05) is 0 Å². The highest BCUT2D eigenvalue weighted by Crippen LogP contribution is 2.26. The van der Waals surface area contributed by atoms with Crippen molar-refractivity contribution in [2.24, 2.45) is 0 Å². The second-order valence-corrected chi connectivity index (χ2v) is 5.71. The van der Waals surface area contributed by atoms with E-state index in [1.165, 1.54) is 16.2 Å². The molecule has 1 N–H and O–H groups in total. The second-order valence-electron chi connectivity index (χ2n) is 3.98. The number of nitrogens with one attached hydrogen (secondary N) is 1. The number of thioether (sulfide) groups is 1. The lowest BCUT2D eigenvalue weighted by Gasteiger charge is -1.99. The summed E-state index contributed by atoms with van der Waals surface area (Å²) in [5, 5.41) is 6.60. The highest BCUT2D eigenvalue weighted by Gasteiger charge is 2.04. The molecule has 96 valence electrons. The molecule has 2 aromatic rings. The first kappa shape index (κ1) is 13.6. The topological polar surface area (TPSA) is 24.9 Å². The van der Waals surface area contributed by atoms with Gasteiger partial charge in [0.05, 0.1) is 5.69 Å². The maximum absolute atomic E-state index is 4.68. The molecule has 0 saturated heterocycles. The van der Waals surface area contributed by atoms with Crippen molar-refractivity contribution in [1.82, 2.24) is 10.3 Å². The first-order chi connectivity index (χ1) is 8.83. The Balaban J connectivity index is 2.04. The van der Waals surface area contributed by atoms with Gasteiger partial charge in [-0.3, -0.25) is 0 Å². The number of hydrogen-bond acceptors (Lipinski definition) is 4. The van der Waals surface area contributed by atoms with Crippen molar-refractivity contribution in [3.8, 4) is 10.6 Å². The summed E-state index contributed by atoms with van der Waals surface area (Å²) in [6, 6.07) is 8.61. The van der Waals surface area contributed by atoms with Gasteiger partial charge in [0.2, 0.25) is 0 Å². The second kappa shape index (κ2) is 6.92.